The van der Waals surface area contributed by atoms with Gasteiger partial charge in [-0.3, -0.25) is 0 Å². The predicted molar refractivity (Wildman–Crippen MR) is 77.3 cm³/mol. The van der Waals surface area contributed by atoms with Crippen LogP contribution in [0.4, 0.5) is 4.79 Å². The lowest BCUT2D eigenvalue weighted by atomic mass is 9.75. The summed E-state index contributed by atoms with van der Waals surface area (Å²) in [5.74, 6) is 0.362. The van der Waals surface area contributed by atoms with E-state index >= 15 is 0 Å². The van der Waals surface area contributed by atoms with Crippen LogP contribution in [0.5, 0.6) is 0 Å². The highest BCUT2D eigenvalue weighted by molar-refractivity contribution is 5.68. The number of amides is 1. The molecule has 1 rings (SSSR count). The molecule has 1 amide bonds. The molecule has 1 aliphatic carbocycles. The van der Waals surface area contributed by atoms with Gasteiger partial charge >= 0.3 is 6.09 Å². The first-order valence-corrected chi connectivity index (χ1v) is 7.22. The Bertz CT molecular complexity index is 384. The van der Waals surface area contributed by atoms with Gasteiger partial charge in [0.2, 0.25) is 6.08 Å². The molecule has 1 fully saturated rings. The summed E-state index contributed by atoms with van der Waals surface area (Å²) < 4.78 is 5.25. The van der Waals surface area contributed by atoms with Gasteiger partial charge in [-0.15, -0.1) is 0 Å². The van der Waals surface area contributed by atoms with E-state index in [0.717, 1.165) is 25.7 Å². The summed E-state index contributed by atoms with van der Waals surface area (Å²) in [6, 6.07) is 0.150. The van der Waals surface area contributed by atoms with Gasteiger partial charge in [0, 0.05) is 6.04 Å². The predicted octanol–water partition coefficient (Wildman–Crippen LogP) is 3.18. The molecule has 0 heterocycles. The van der Waals surface area contributed by atoms with Crippen molar-refractivity contribution in [3.8, 4) is 0 Å². The lowest BCUT2D eigenvalue weighted by Crippen LogP contribution is -2.43. The largest absolute Gasteiger partial charge is 0.444 e. The minimum Gasteiger partial charge on any atom is -0.444 e. The Morgan fingerprint density at radius 1 is 1.15 bits per heavy atom. The van der Waals surface area contributed by atoms with Crippen molar-refractivity contribution in [2.45, 2.75) is 77.5 Å². The van der Waals surface area contributed by atoms with E-state index in [9.17, 15) is 9.59 Å². The summed E-state index contributed by atoms with van der Waals surface area (Å²) in [4.78, 5) is 26.0. The molecule has 5 heteroatoms. The molecule has 0 bridgehead atoms. The number of rotatable bonds is 3. The Labute approximate surface area is 121 Å². The van der Waals surface area contributed by atoms with E-state index in [1.165, 1.54) is 0 Å². The first kappa shape index (κ1) is 16.7. The molecule has 0 aromatic heterocycles. The van der Waals surface area contributed by atoms with E-state index in [2.05, 4.69) is 10.3 Å². The van der Waals surface area contributed by atoms with Gasteiger partial charge in [-0.2, -0.15) is 4.99 Å². The Kier molecular flexibility index (Phi) is 5.35. The van der Waals surface area contributed by atoms with Crippen LogP contribution in [0.25, 0.3) is 0 Å². The van der Waals surface area contributed by atoms with E-state index in [1.807, 2.05) is 34.6 Å². The molecule has 1 aliphatic rings. The quantitative estimate of drug-likeness (QED) is 0.638. The molecule has 5 nitrogen and oxygen atoms in total. The van der Waals surface area contributed by atoms with E-state index in [1.54, 1.807) is 6.08 Å². The van der Waals surface area contributed by atoms with Crippen molar-refractivity contribution in [2.24, 2.45) is 10.9 Å². The molecule has 0 aliphatic heterocycles. The van der Waals surface area contributed by atoms with Crippen LogP contribution in [0, 0.1) is 5.92 Å². The van der Waals surface area contributed by atoms with Crippen LogP contribution in [0.2, 0.25) is 0 Å². The van der Waals surface area contributed by atoms with Gasteiger partial charge in [-0.05, 0) is 66.2 Å². The summed E-state index contributed by atoms with van der Waals surface area (Å²) in [5.41, 5.74) is -0.833. The first-order chi connectivity index (χ1) is 9.14. The topological polar surface area (TPSA) is 67.8 Å². The fourth-order valence-electron chi connectivity index (χ4n) is 2.63. The SMILES string of the molecule is CC(C)(C)OC(=O)NC1CCC(C(C)(C)N=C=O)CC1. The average molecular weight is 282 g/mol. The van der Waals surface area contributed by atoms with E-state index in [4.69, 9.17) is 4.74 Å². The Hall–Kier alpha value is -1.35. The molecule has 1 N–H and O–H groups in total. The van der Waals surface area contributed by atoms with Crippen LogP contribution in [0.1, 0.15) is 60.3 Å². The number of alkyl carbamates (subject to hydrolysis) is 1. The van der Waals surface area contributed by atoms with Gasteiger partial charge < -0.3 is 10.1 Å². The fraction of sp³-hybridized carbons (Fsp3) is 0.867. The second-order valence-electron chi connectivity index (χ2n) is 7.05. The van der Waals surface area contributed by atoms with E-state index in [-0.39, 0.29) is 17.7 Å². The van der Waals surface area contributed by atoms with Gasteiger partial charge in [0.05, 0.1) is 5.54 Å². The minimum absolute atomic E-state index is 0.150. The maximum atomic E-state index is 11.7. The molecule has 0 spiro atoms. The van der Waals surface area contributed by atoms with Crippen LogP contribution in [0.3, 0.4) is 0 Å². The molecular formula is C15H26N2O3. The standard InChI is InChI=1S/C15H26N2O3/c1-14(2,3)20-13(19)17-12-8-6-11(7-9-12)15(4,5)16-10-18/h11-12H,6-9H2,1-5H3,(H,17,19). The Morgan fingerprint density at radius 2 is 1.70 bits per heavy atom. The normalized spacial score (nSPS) is 23.6. The lowest BCUT2D eigenvalue weighted by molar-refractivity contribution is 0.0482. The zero-order valence-corrected chi connectivity index (χ0v) is 13.2. The van der Waals surface area contributed by atoms with Crippen molar-refractivity contribution < 1.29 is 14.3 Å². The third-order valence-electron chi connectivity index (χ3n) is 3.78. The third-order valence-corrected chi connectivity index (χ3v) is 3.78. The molecule has 0 aromatic rings. The number of hydrogen-bond donors (Lipinski definition) is 1. The van der Waals surface area contributed by atoms with Gasteiger partial charge in [-0.1, -0.05) is 0 Å². The number of ether oxygens (including phenoxy) is 1. The second kappa shape index (κ2) is 6.40. The molecule has 114 valence electrons. The number of aliphatic imine (C=N–C) groups is 1. The summed E-state index contributed by atoms with van der Waals surface area (Å²) in [7, 11) is 0. The number of isocyanates is 1. The van der Waals surface area contributed by atoms with Crippen LogP contribution in [-0.4, -0.2) is 29.4 Å². The highest BCUT2D eigenvalue weighted by atomic mass is 16.6. The second-order valence-corrected chi connectivity index (χ2v) is 7.05. The van der Waals surface area contributed by atoms with Gasteiger partial charge in [0.25, 0.3) is 0 Å². The Balaban J connectivity index is 2.43. The van der Waals surface area contributed by atoms with Crippen molar-refractivity contribution >= 4 is 12.2 Å². The fourth-order valence-corrected chi connectivity index (χ4v) is 2.63. The minimum atomic E-state index is -0.470. The average Bonchev–Trinajstić information content (AvgIpc) is 2.26. The molecule has 0 atom stereocenters. The zero-order chi connectivity index (χ0) is 15.4. The number of hydrogen-bond acceptors (Lipinski definition) is 4. The van der Waals surface area contributed by atoms with Crippen LogP contribution in [0.15, 0.2) is 4.99 Å². The molecule has 20 heavy (non-hydrogen) atoms. The van der Waals surface area contributed by atoms with Crippen LogP contribution < -0.4 is 5.32 Å². The van der Waals surface area contributed by atoms with Crippen molar-refractivity contribution in [2.75, 3.05) is 0 Å². The monoisotopic (exact) mass is 282 g/mol. The van der Waals surface area contributed by atoms with Gasteiger partial charge in [-0.25, -0.2) is 9.59 Å². The van der Waals surface area contributed by atoms with Crippen LogP contribution in [-0.2, 0) is 9.53 Å². The summed E-state index contributed by atoms with van der Waals surface area (Å²) in [5, 5.41) is 2.91. The molecule has 0 radical (unpaired) electrons. The molecule has 0 saturated heterocycles. The highest BCUT2D eigenvalue weighted by Crippen LogP contribution is 2.34. The first-order valence-electron chi connectivity index (χ1n) is 7.22. The van der Waals surface area contributed by atoms with E-state index < -0.39 is 5.60 Å². The smallest absolute Gasteiger partial charge is 0.407 e. The maximum absolute atomic E-state index is 11.7. The number of nitrogens with zero attached hydrogens (tertiary/aromatic N) is 1. The summed E-state index contributed by atoms with van der Waals surface area (Å²) in [6.07, 6.45) is 4.97. The van der Waals surface area contributed by atoms with Crippen molar-refractivity contribution in [1.29, 1.82) is 0 Å². The molecule has 1 saturated carbocycles. The zero-order valence-electron chi connectivity index (χ0n) is 13.2. The van der Waals surface area contributed by atoms with Crippen molar-refractivity contribution in [3.63, 3.8) is 0 Å². The lowest BCUT2D eigenvalue weighted by Gasteiger charge is -2.36. The van der Waals surface area contributed by atoms with Gasteiger partial charge in [0.1, 0.15) is 5.60 Å². The van der Waals surface area contributed by atoms with Crippen molar-refractivity contribution in [3.05, 3.63) is 0 Å². The van der Waals surface area contributed by atoms with Crippen molar-refractivity contribution in [1.82, 2.24) is 5.32 Å². The Morgan fingerprint density at radius 3 is 2.15 bits per heavy atom. The summed E-state index contributed by atoms with van der Waals surface area (Å²) in [6.45, 7) is 9.48. The van der Waals surface area contributed by atoms with Crippen LogP contribution >= 0.6 is 0 Å². The van der Waals surface area contributed by atoms with E-state index in [0.29, 0.717) is 5.92 Å². The summed E-state index contributed by atoms with van der Waals surface area (Å²) >= 11 is 0. The molecular weight excluding hydrogens is 256 g/mol. The number of carbonyl (C=O) groups excluding carboxylic acids is 2. The third kappa shape index (κ3) is 5.33. The number of carbonyl (C=O) groups is 1. The molecule has 0 aromatic carbocycles. The number of nitrogens with one attached hydrogen (secondary N) is 1. The maximum Gasteiger partial charge on any atom is 0.407 e. The molecule has 0 unspecified atom stereocenters. The van der Waals surface area contributed by atoms with Gasteiger partial charge in [0.15, 0.2) is 0 Å². The highest BCUT2D eigenvalue weighted by Gasteiger charge is 2.33.